The molecule has 1 aliphatic rings. The van der Waals surface area contributed by atoms with E-state index in [1.54, 1.807) is 32.4 Å². The van der Waals surface area contributed by atoms with Crippen LogP contribution in [0.4, 0.5) is 5.69 Å². The Kier molecular flexibility index (Phi) is 6.86. The minimum Gasteiger partial charge on any atom is -0.495 e. The number of hydrogen-bond donors (Lipinski definition) is 1. The second kappa shape index (κ2) is 8.70. The first-order chi connectivity index (χ1) is 12.0. The zero-order valence-electron chi connectivity index (χ0n) is 15.0. The predicted molar refractivity (Wildman–Crippen MR) is 104 cm³/mol. The maximum Gasteiger partial charge on any atom is 0.280 e. The number of anilines is 1. The lowest BCUT2D eigenvalue weighted by Crippen LogP contribution is -2.31. The third kappa shape index (κ3) is 3.95. The van der Waals surface area contributed by atoms with Gasteiger partial charge in [-0.3, -0.25) is 4.79 Å². The van der Waals surface area contributed by atoms with Crippen LogP contribution in [0.3, 0.4) is 0 Å². The van der Waals surface area contributed by atoms with E-state index in [1.165, 1.54) is 4.90 Å². The standard InChI is InChI=1S/C17H22ClN5O2.ClH/c1-11-16(20-21-23(11)12-6-8-19-9-7-12)17(24)22(2)13-4-5-15(25-3)14(18)10-13;/h4-5,10,12,19H,6-9H2,1-3H3;1H. The summed E-state index contributed by atoms with van der Waals surface area (Å²) >= 11 is 6.16. The highest BCUT2D eigenvalue weighted by atomic mass is 35.5. The fraction of sp³-hybridized carbons (Fsp3) is 0.471. The Morgan fingerprint density at radius 3 is 2.69 bits per heavy atom. The fourth-order valence-electron chi connectivity index (χ4n) is 3.08. The van der Waals surface area contributed by atoms with E-state index in [1.807, 2.05) is 11.6 Å². The summed E-state index contributed by atoms with van der Waals surface area (Å²) in [6, 6.07) is 5.51. The number of piperidine rings is 1. The van der Waals surface area contributed by atoms with Gasteiger partial charge in [-0.2, -0.15) is 0 Å². The fourth-order valence-corrected chi connectivity index (χ4v) is 3.33. The predicted octanol–water partition coefficient (Wildman–Crippen LogP) is 2.87. The minimum atomic E-state index is -0.209. The highest BCUT2D eigenvalue weighted by Crippen LogP contribution is 2.29. The molecule has 2 aromatic rings. The van der Waals surface area contributed by atoms with Gasteiger partial charge >= 0.3 is 0 Å². The van der Waals surface area contributed by atoms with Crippen molar-refractivity contribution in [2.24, 2.45) is 0 Å². The molecule has 0 atom stereocenters. The lowest BCUT2D eigenvalue weighted by molar-refractivity contribution is 0.0987. The SMILES string of the molecule is COc1ccc(N(C)C(=O)c2nnn(C3CCNCC3)c2C)cc1Cl.Cl. The van der Waals surface area contributed by atoms with Gasteiger partial charge in [-0.15, -0.1) is 17.5 Å². The summed E-state index contributed by atoms with van der Waals surface area (Å²) < 4.78 is 7.03. The van der Waals surface area contributed by atoms with Gasteiger partial charge in [0, 0.05) is 12.7 Å². The van der Waals surface area contributed by atoms with Gasteiger partial charge in [0.1, 0.15) is 5.75 Å². The molecule has 2 heterocycles. The number of carbonyl (C=O) groups excluding carboxylic acids is 1. The van der Waals surface area contributed by atoms with E-state index in [2.05, 4.69) is 15.6 Å². The molecule has 0 bridgehead atoms. The molecule has 0 radical (unpaired) electrons. The van der Waals surface area contributed by atoms with Gasteiger partial charge in [-0.05, 0) is 51.1 Å². The van der Waals surface area contributed by atoms with Crippen LogP contribution in [-0.2, 0) is 0 Å². The van der Waals surface area contributed by atoms with Crippen LogP contribution in [-0.4, -0.2) is 48.1 Å². The van der Waals surface area contributed by atoms with E-state index < -0.39 is 0 Å². The van der Waals surface area contributed by atoms with Crippen LogP contribution >= 0.6 is 24.0 Å². The Balaban J connectivity index is 0.00000243. The molecule has 142 valence electrons. The first-order valence-corrected chi connectivity index (χ1v) is 8.64. The quantitative estimate of drug-likeness (QED) is 0.855. The number of hydrogen-bond acceptors (Lipinski definition) is 5. The van der Waals surface area contributed by atoms with Crippen LogP contribution in [0.15, 0.2) is 18.2 Å². The molecule has 7 nitrogen and oxygen atoms in total. The van der Waals surface area contributed by atoms with Crippen LogP contribution in [0.1, 0.15) is 35.1 Å². The summed E-state index contributed by atoms with van der Waals surface area (Å²) in [7, 11) is 3.25. The van der Waals surface area contributed by atoms with Gasteiger partial charge in [-0.25, -0.2) is 4.68 Å². The summed E-state index contributed by atoms with van der Waals surface area (Å²) in [5.74, 6) is 0.359. The summed E-state index contributed by atoms with van der Waals surface area (Å²) in [4.78, 5) is 14.4. The van der Waals surface area contributed by atoms with E-state index in [0.29, 0.717) is 22.2 Å². The first kappa shape index (κ1) is 20.5. The number of nitrogens with one attached hydrogen (secondary N) is 1. The van der Waals surface area contributed by atoms with E-state index in [4.69, 9.17) is 16.3 Å². The molecule has 0 aliphatic carbocycles. The third-order valence-electron chi connectivity index (χ3n) is 4.61. The Labute approximate surface area is 164 Å². The molecule has 1 N–H and O–H groups in total. The van der Waals surface area contributed by atoms with Crippen molar-refractivity contribution >= 4 is 35.6 Å². The van der Waals surface area contributed by atoms with Crippen molar-refractivity contribution in [3.8, 4) is 5.75 Å². The smallest absolute Gasteiger partial charge is 0.280 e. The lowest BCUT2D eigenvalue weighted by atomic mass is 10.1. The second-order valence-electron chi connectivity index (χ2n) is 6.13. The van der Waals surface area contributed by atoms with Crippen LogP contribution in [0.5, 0.6) is 5.75 Å². The van der Waals surface area contributed by atoms with Crippen molar-refractivity contribution in [3.63, 3.8) is 0 Å². The normalized spacial score (nSPS) is 14.6. The van der Waals surface area contributed by atoms with E-state index in [0.717, 1.165) is 31.6 Å². The molecule has 1 amide bonds. The topological polar surface area (TPSA) is 72.3 Å². The Morgan fingerprint density at radius 1 is 1.38 bits per heavy atom. The molecular weight excluding hydrogens is 377 g/mol. The van der Waals surface area contributed by atoms with Gasteiger partial charge in [0.05, 0.1) is 23.9 Å². The molecule has 9 heteroatoms. The van der Waals surface area contributed by atoms with Crippen molar-refractivity contribution in [2.75, 3.05) is 32.1 Å². The molecule has 1 aliphatic heterocycles. The van der Waals surface area contributed by atoms with Gasteiger partial charge in [-0.1, -0.05) is 16.8 Å². The van der Waals surface area contributed by atoms with Gasteiger partial charge in [0.15, 0.2) is 5.69 Å². The maximum atomic E-state index is 12.9. The molecule has 26 heavy (non-hydrogen) atoms. The minimum absolute atomic E-state index is 0. The van der Waals surface area contributed by atoms with E-state index in [9.17, 15) is 4.79 Å². The molecule has 1 aromatic heterocycles. The van der Waals surface area contributed by atoms with E-state index >= 15 is 0 Å². The van der Waals surface area contributed by atoms with Crippen LogP contribution < -0.4 is 15.0 Å². The van der Waals surface area contributed by atoms with Crippen molar-refractivity contribution in [2.45, 2.75) is 25.8 Å². The highest BCUT2D eigenvalue weighted by Gasteiger charge is 2.25. The summed E-state index contributed by atoms with van der Waals surface area (Å²) in [6.45, 7) is 3.80. The number of nitrogens with zero attached hydrogens (tertiary/aromatic N) is 4. The molecule has 1 saturated heterocycles. The van der Waals surface area contributed by atoms with Crippen molar-refractivity contribution in [1.29, 1.82) is 0 Å². The Hall–Kier alpha value is -1.83. The third-order valence-corrected chi connectivity index (χ3v) is 4.91. The molecule has 3 rings (SSSR count). The molecule has 1 fully saturated rings. The van der Waals surface area contributed by atoms with Gasteiger partial charge in [0.2, 0.25) is 0 Å². The molecule has 0 unspecified atom stereocenters. The number of halogens is 2. The molecule has 1 aromatic carbocycles. The zero-order valence-corrected chi connectivity index (χ0v) is 16.6. The maximum absolute atomic E-state index is 12.9. The number of benzene rings is 1. The van der Waals surface area contributed by atoms with Crippen molar-refractivity contribution in [1.82, 2.24) is 20.3 Å². The Bertz CT molecular complexity index is 775. The highest BCUT2D eigenvalue weighted by molar-refractivity contribution is 6.32. The summed E-state index contributed by atoms with van der Waals surface area (Å²) in [5, 5.41) is 12.1. The first-order valence-electron chi connectivity index (χ1n) is 8.27. The summed E-state index contributed by atoms with van der Waals surface area (Å²) in [5.41, 5.74) is 1.84. The lowest BCUT2D eigenvalue weighted by Gasteiger charge is -2.23. The zero-order chi connectivity index (χ0) is 18.0. The largest absolute Gasteiger partial charge is 0.495 e. The van der Waals surface area contributed by atoms with Crippen LogP contribution in [0.2, 0.25) is 5.02 Å². The number of amides is 1. The van der Waals surface area contributed by atoms with Crippen LogP contribution in [0, 0.1) is 6.92 Å². The van der Waals surface area contributed by atoms with Crippen molar-refractivity contribution in [3.05, 3.63) is 34.6 Å². The average molecular weight is 400 g/mol. The average Bonchev–Trinajstić information content (AvgIpc) is 3.02. The molecular formula is C17H23Cl2N5O2. The van der Waals surface area contributed by atoms with Crippen LogP contribution in [0.25, 0.3) is 0 Å². The number of carbonyl (C=O) groups is 1. The second-order valence-corrected chi connectivity index (χ2v) is 6.54. The monoisotopic (exact) mass is 399 g/mol. The van der Waals surface area contributed by atoms with Gasteiger partial charge < -0.3 is 15.0 Å². The van der Waals surface area contributed by atoms with Gasteiger partial charge in [0.25, 0.3) is 5.91 Å². The number of ether oxygens (including phenoxy) is 1. The number of methoxy groups -OCH3 is 1. The van der Waals surface area contributed by atoms with E-state index in [-0.39, 0.29) is 24.4 Å². The molecule has 0 saturated carbocycles. The number of aromatic nitrogens is 3. The Morgan fingerprint density at radius 2 is 2.08 bits per heavy atom. The number of rotatable bonds is 4. The molecule has 0 spiro atoms. The summed E-state index contributed by atoms with van der Waals surface area (Å²) in [6.07, 6.45) is 1.98. The van der Waals surface area contributed by atoms with Crippen molar-refractivity contribution < 1.29 is 9.53 Å².